The van der Waals surface area contributed by atoms with Crippen molar-refractivity contribution in [2.45, 2.75) is 39.8 Å². The van der Waals surface area contributed by atoms with Crippen LogP contribution in [-0.2, 0) is 4.79 Å². The molecule has 0 unspecified atom stereocenters. The molecule has 130 valence electrons. The quantitative estimate of drug-likeness (QED) is 0.701. The Morgan fingerprint density at radius 1 is 1.04 bits per heavy atom. The van der Waals surface area contributed by atoms with Gasteiger partial charge in [-0.2, -0.15) is 0 Å². The van der Waals surface area contributed by atoms with E-state index in [0.717, 1.165) is 11.5 Å². The number of methoxy groups -OCH3 is 1. The minimum atomic E-state index is 0.155. The fraction of sp³-hybridized carbons (Fsp3) is 0.611. The zero-order chi connectivity index (χ0) is 17.4. The van der Waals surface area contributed by atoms with E-state index in [-0.39, 0.29) is 18.0 Å². The number of likely N-dealkylation sites (N-methyl/N-ethyl adjacent to an activating group) is 1. The van der Waals surface area contributed by atoms with Crippen molar-refractivity contribution in [1.29, 1.82) is 0 Å². The van der Waals surface area contributed by atoms with Crippen LogP contribution in [0.15, 0.2) is 24.3 Å². The number of carbonyl (C=O) groups is 1. The highest BCUT2D eigenvalue weighted by Gasteiger charge is 2.20. The van der Waals surface area contributed by atoms with E-state index in [0.29, 0.717) is 19.7 Å². The summed E-state index contributed by atoms with van der Waals surface area (Å²) in [6, 6.07) is 7.92. The van der Waals surface area contributed by atoms with Gasteiger partial charge >= 0.3 is 0 Å². The smallest absolute Gasteiger partial charge is 0.237 e. The van der Waals surface area contributed by atoms with Crippen LogP contribution >= 0.6 is 0 Å². The van der Waals surface area contributed by atoms with E-state index in [1.165, 1.54) is 0 Å². The van der Waals surface area contributed by atoms with Gasteiger partial charge in [0.05, 0.1) is 13.7 Å². The minimum absolute atomic E-state index is 0.155. The van der Waals surface area contributed by atoms with Crippen molar-refractivity contribution >= 4 is 5.91 Å². The molecular formula is C18H30N2O3. The Balaban J connectivity index is 2.38. The normalized spacial score (nSPS) is 11.2. The summed E-state index contributed by atoms with van der Waals surface area (Å²) in [5.74, 6) is 1.76. The van der Waals surface area contributed by atoms with E-state index in [2.05, 4.69) is 0 Å². The molecule has 0 aliphatic heterocycles. The zero-order valence-corrected chi connectivity index (χ0v) is 15.2. The summed E-state index contributed by atoms with van der Waals surface area (Å²) in [6.45, 7) is 9.83. The molecule has 0 heterocycles. The first kappa shape index (κ1) is 19.3. The van der Waals surface area contributed by atoms with Crippen molar-refractivity contribution in [2.24, 2.45) is 0 Å². The highest BCUT2D eigenvalue weighted by Crippen LogP contribution is 2.16. The topological polar surface area (TPSA) is 42.0 Å². The first-order valence-electron chi connectivity index (χ1n) is 8.11. The van der Waals surface area contributed by atoms with Crippen molar-refractivity contribution in [2.75, 3.05) is 33.9 Å². The van der Waals surface area contributed by atoms with Crippen molar-refractivity contribution in [3.8, 4) is 11.5 Å². The fourth-order valence-electron chi connectivity index (χ4n) is 2.56. The average molecular weight is 322 g/mol. The summed E-state index contributed by atoms with van der Waals surface area (Å²) in [5, 5.41) is 0. The summed E-state index contributed by atoms with van der Waals surface area (Å²) in [4.78, 5) is 16.3. The predicted molar refractivity (Wildman–Crippen MR) is 93.1 cm³/mol. The van der Waals surface area contributed by atoms with Gasteiger partial charge in [0.2, 0.25) is 5.91 Å². The number of hydrogen-bond donors (Lipinski definition) is 0. The Kier molecular flexibility index (Phi) is 7.89. The van der Waals surface area contributed by atoms with Crippen molar-refractivity contribution < 1.29 is 14.3 Å². The molecule has 23 heavy (non-hydrogen) atoms. The van der Waals surface area contributed by atoms with Gasteiger partial charge in [0, 0.05) is 18.6 Å². The Morgan fingerprint density at radius 3 is 2.04 bits per heavy atom. The lowest BCUT2D eigenvalue weighted by Gasteiger charge is -2.32. The van der Waals surface area contributed by atoms with Gasteiger partial charge in [0.15, 0.2) is 0 Å². The summed E-state index contributed by atoms with van der Waals surface area (Å²) < 4.78 is 10.8. The van der Waals surface area contributed by atoms with Crippen molar-refractivity contribution in [1.82, 2.24) is 9.80 Å². The predicted octanol–water partition coefficient (Wildman–Crippen LogP) is 2.65. The van der Waals surface area contributed by atoms with Gasteiger partial charge in [0.25, 0.3) is 0 Å². The molecule has 0 saturated carbocycles. The van der Waals surface area contributed by atoms with Crippen LogP contribution < -0.4 is 9.47 Å². The summed E-state index contributed by atoms with van der Waals surface area (Å²) >= 11 is 0. The number of benzene rings is 1. The summed E-state index contributed by atoms with van der Waals surface area (Å²) in [7, 11) is 3.58. The highest BCUT2D eigenvalue weighted by molar-refractivity contribution is 5.78. The maximum absolute atomic E-state index is 12.4. The molecule has 1 aromatic carbocycles. The van der Waals surface area contributed by atoms with Gasteiger partial charge < -0.3 is 14.4 Å². The first-order valence-corrected chi connectivity index (χ1v) is 8.11. The van der Waals surface area contributed by atoms with Crippen LogP contribution in [0.25, 0.3) is 0 Å². The minimum Gasteiger partial charge on any atom is -0.497 e. The molecule has 0 aliphatic carbocycles. The van der Waals surface area contributed by atoms with Gasteiger partial charge in [-0.15, -0.1) is 0 Å². The Bertz CT molecular complexity index is 464. The van der Waals surface area contributed by atoms with E-state index in [1.807, 2.05) is 68.8 Å². The molecule has 0 aliphatic rings. The van der Waals surface area contributed by atoms with E-state index in [1.54, 1.807) is 7.11 Å². The standard InChI is InChI=1S/C18H30N2O3/c1-14(2)20(15(3)4)18(21)13-19(5)11-12-23-17-9-7-16(22-6)8-10-17/h7-10,14-15H,11-13H2,1-6H3. The number of rotatable bonds is 9. The molecule has 1 amide bonds. The van der Waals surface area contributed by atoms with Crippen molar-refractivity contribution in [3.63, 3.8) is 0 Å². The lowest BCUT2D eigenvalue weighted by atomic mass is 10.2. The van der Waals surface area contributed by atoms with Crippen LogP contribution in [0, 0.1) is 0 Å². The van der Waals surface area contributed by atoms with E-state index in [4.69, 9.17) is 9.47 Å². The molecule has 0 aromatic heterocycles. The molecule has 0 fully saturated rings. The first-order chi connectivity index (χ1) is 10.8. The Hall–Kier alpha value is -1.75. The second kappa shape index (κ2) is 9.40. The van der Waals surface area contributed by atoms with Gasteiger partial charge in [-0.1, -0.05) is 0 Å². The van der Waals surface area contributed by atoms with Gasteiger partial charge in [0.1, 0.15) is 18.1 Å². The van der Waals surface area contributed by atoms with Crippen LogP contribution in [0.1, 0.15) is 27.7 Å². The Morgan fingerprint density at radius 2 is 1.57 bits per heavy atom. The molecule has 0 radical (unpaired) electrons. The maximum atomic E-state index is 12.4. The Labute approximate surface area is 140 Å². The number of carbonyl (C=O) groups excluding carboxylic acids is 1. The van der Waals surface area contributed by atoms with Crippen LogP contribution in [0.4, 0.5) is 0 Å². The monoisotopic (exact) mass is 322 g/mol. The summed E-state index contributed by atoms with van der Waals surface area (Å²) in [5.41, 5.74) is 0. The lowest BCUT2D eigenvalue weighted by Crippen LogP contribution is -2.47. The third kappa shape index (κ3) is 6.48. The maximum Gasteiger partial charge on any atom is 0.237 e. The van der Waals surface area contributed by atoms with Crippen LogP contribution in [0.5, 0.6) is 11.5 Å². The SMILES string of the molecule is COc1ccc(OCCN(C)CC(=O)N(C(C)C)C(C)C)cc1. The van der Waals surface area contributed by atoms with E-state index >= 15 is 0 Å². The van der Waals surface area contributed by atoms with Gasteiger partial charge in [-0.05, 0) is 59.0 Å². The molecule has 1 aromatic rings. The number of ether oxygens (including phenoxy) is 2. The average Bonchev–Trinajstić information content (AvgIpc) is 2.47. The van der Waals surface area contributed by atoms with Crippen LogP contribution in [0.3, 0.4) is 0 Å². The van der Waals surface area contributed by atoms with E-state index < -0.39 is 0 Å². The fourth-order valence-corrected chi connectivity index (χ4v) is 2.56. The second-order valence-corrected chi connectivity index (χ2v) is 6.25. The molecule has 0 saturated heterocycles. The zero-order valence-electron chi connectivity index (χ0n) is 15.2. The molecule has 0 N–H and O–H groups in total. The van der Waals surface area contributed by atoms with Gasteiger partial charge in [-0.25, -0.2) is 0 Å². The molecule has 1 rings (SSSR count). The third-order valence-corrected chi connectivity index (χ3v) is 3.61. The highest BCUT2D eigenvalue weighted by atomic mass is 16.5. The largest absolute Gasteiger partial charge is 0.497 e. The molecule has 0 atom stereocenters. The van der Waals surface area contributed by atoms with Crippen LogP contribution in [0.2, 0.25) is 0 Å². The molecule has 0 spiro atoms. The molecule has 5 heteroatoms. The molecule has 0 bridgehead atoms. The van der Waals surface area contributed by atoms with Crippen LogP contribution in [-0.4, -0.2) is 61.6 Å². The molecule has 5 nitrogen and oxygen atoms in total. The molecular weight excluding hydrogens is 292 g/mol. The number of amides is 1. The second-order valence-electron chi connectivity index (χ2n) is 6.25. The number of nitrogens with zero attached hydrogens (tertiary/aromatic N) is 2. The van der Waals surface area contributed by atoms with Gasteiger partial charge in [-0.3, -0.25) is 9.69 Å². The number of hydrogen-bond acceptors (Lipinski definition) is 4. The third-order valence-electron chi connectivity index (χ3n) is 3.61. The van der Waals surface area contributed by atoms with Crippen molar-refractivity contribution in [3.05, 3.63) is 24.3 Å². The summed E-state index contributed by atoms with van der Waals surface area (Å²) in [6.07, 6.45) is 0. The lowest BCUT2D eigenvalue weighted by molar-refractivity contribution is -0.135. The van der Waals surface area contributed by atoms with E-state index in [9.17, 15) is 4.79 Å².